The summed E-state index contributed by atoms with van der Waals surface area (Å²) in [7, 11) is 0. The molecule has 0 radical (unpaired) electrons. The summed E-state index contributed by atoms with van der Waals surface area (Å²) in [6.45, 7) is 5.68. The Kier molecular flexibility index (Phi) is 2.86. The van der Waals surface area contributed by atoms with Crippen LogP contribution in [0.1, 0.15) is 28.5 Å². The van der Waals surface area contributed by atoms with Gasteiger partial charge in [-0.3, -0.25) is 14.3 Å². The number of hydrogen-bond acceptors (Lipinski definition) is 3. The zero-order valence-corrected chi connectivity index (χ0v) is 11.7. The second-order valence-corrected chi connectivity index (χ2v) is 5.00. The van der Waals surface area contributed by atoms with Crippen molar-refractivity contribution in [3.8, 4) is 5.69 Å². The highest BCUT2D eigenvalue weighted by atomic mass is 16.1. The number of rotatable bonds is 2. The van der Waals surface area contributed by atoms with Gasteiger partial charge in [-0.2, -0.15) is 0 Å². The Morgan fingerprint density at radius 1 is 1.10 bits per heavy atom. The molecule has 4 heteroatoms. The van der Waals surface area contributed by atoms with E-state index in [4.69, 9.17) is 0 Å². The first-order valence-corrected chi connectivity index (χ1v) is 6.48. The molecule has 0 saturated carbocycles. The molecule has 0 bridgehead atoms. The molecule has 0 N–H and O–H groups in total. The summed E-state index contributed by atoms with van der Waals surface area (Å²) >= 11 is 0. The molecule has 3 rings (SSSR count). The highest BCUT2D eigenvalue weighted by Crippen LogP contribution is 2.21. The Balaban J connectivity index is 2.14. The lowest BCUT2D eigenvalue weighted by Crippen LogP contribution is -1.99. The smallest absolute Gasteiger partial charge is 0.178 e. The van der Waals surface area contributed by atoms with Crippen molar-refractivity contribution in [2.24, 2.45) is 0 Å². The van der Waals surface area contributed by atoms with Crippen molar-refractivity contribution >= 4 is 16.8 Å². The molecule has 0 spiro atoms. The third-order valence-electron chi connectivity index (χ3n) is 3.55. The SMILES string of the molecule is CC(=O)c1ccc(-n2cnc3cc(C)c(C)cc32)cn1. The fourth-order valence-corrected chi connectivity index (χ4v) is 2.21. The molecule has 0 fully saturated rings. The highest BCUT2D eigenvalue weighted by molar-refractivity contribution is 5.92. The van der Waals surface area contributed by atoms with E-state index in [1.807, 2.05) is 10.6 Å². The molecule has 0 unspecified atom stereocenters. The van der Waals surface area contributed by atoms with Gasteiger partial charge in [-0.25, -0.2) is 4.98 Å². The molecule has 4 nitrogen and oxygen atoms in total. The minimum absolute atomic E-state index is 0.0292. The van der Waals surface area contributed by atoms with Gasteiger partial charge >= 0.3 is 0 Å². The van der Waals surface area contributed by atoms with Crippen LogP contribution < -0.4 is 0 Å². The Hall–Kier alpha value is -2.49. The van der Waals surface area contributed by atoms with Crippen molar-refractivity contribution < 1.29 is 4.79 Å². The first kappa shape index (κ1) is 12.5. The molecule has 0 aliphatic carbocycles. The van der Waals surface area contributed by atoms with Gasteiger partial charge in [0.15, 0.2) is 5.78 Å². The van der Waals surface area contributed by atoms with Crippen LogP contribution in [0.25, 0.3) is 16.7 Å². The number of ketones is 1. The Morgan fingerprint density at radius 3 is 2.50 bits per heavy atom. The maximum Gasteiger partial charge on any atom is 0.178 e. The van der Waals surface area contributed by atoms with Crippen molar-refractivity contribution in [1.29, 1.82) is 0 Å². The van der Waals surface area contributed by atoms with Crippen LogP contribution in [0.3, 0.4) is 0 Å². The Bertz CT molecular complexity index is 800. The van der Waals surface area contributed by atoms with Crippen LogP contribution in [0.15, 0.2) is 36.8 Å². The van der Waals surface area contributed by atoms with Crippen LogP contribution in [-0.2, 0) is 0 Å². The van der Waals surface area contributed by atoms with Crippen molar-refractivity contribution in [2.75, 3.05) is 0 Å². The number of fused-ring (bicyclic) bond motifs is 1. The van der Waals surface area contributed by atoms with E-state index in [0.29, 0.717) is 5.69 Å². The first-order chi connectivity index (χ1) is 9.56. The third-order valence-corrected chi connectivity index (χ3v) is 3.55. The van der Waals surface area contributed by atoms with Crippen LogP contribution in [-0.4, -0.2) is 20.3 Å². The van der Waals surface area contributed by atoms with Crippen molar-refractivity contribution in [1.82, 2.24) is 14.5 Å². The predicted octanol–water partition coefficient (Wildman–Crippen LogP) is 3.24. The van der Waals surface area contributed by atoms with Crippen molar-refractivity contribution in [3.63, 3.8) is 0 Å². The summed E-state index contributed by atoms with van der Waals surface area (Å²) in [5, 5.41) is 0. The molecule has 3 aromatic rings. The number of hydrogen-bond donors (Lipinski definition) is 0. The normalized spacial score (nSPS) is 10.9. The van der Waals surface area contributed by atoms with Crippen LogP contribution in [0.4, 0.5) is 0 Å². The van der Waals surface area contributed by atoms with E-state index in [0.717, 1.165) is 16.7 Å². The lowest BCUT2D eigenvalue weighted by Gasteiger charge is -2.06. The molecule has 0 aliphatic rings. The fraction of sp³-hybridized carbons (Fsp3) is 0.188. The third kappa shape index (κ3) is 1.99. The fourth-order valence-electron chi connectivity index (χ4n) is 2.21. The van der Waals surface area contributed by atoms with E-state index in [2.05, 4.69) is 35.9 Å². The largest absolute Gasteiger partial charge is 0.297 e. The maximum absolute atomic E-state index is 11.3. The van der Waals surface area contributed by atoms with E-state index >= 15 is 0 Å². The van der Waals surface area contributed by atoms with Crippen LogP contribution in [0, 0.1) is 13.8 Å². The van der Waals surface area contributed by atoms with E-state index in [1.54, 1.807) is 18.6 Å². The number of imidazole rings is 1. The van der Waals surface area contributed by atoms with Gasteiger partial charge in [0.05, 0.1) is 22.9 Å². The molecular weight excluding hydrogens is 250 g/mol. The van der Waals surface area contributed by atoms with Crippen molar-refractivity contribution in [3.05, 3.63) is 53.6 Å². The molecular formula is C16H15N3O. The summed E-state index contributed by atoms with van der Waals surface area (Å²) in [5.74, 6) is -0.0292. The number of nitrogens with zero attached hydrogens (tertiary/aromatic N) is 3. The summed E-state index contributed by atoms with van der Waals surface area (Å²) in [4.78, 5) is 19.9. The summed E-state index contributed by atoms with van der Waals surface area (Å²) in [5.41, 5.74) is 5.85. The molecule has 100 valence electrons. The maximum atomic E-state index is 11.3. The molecule has 2 aromatic heterocycles. The van der Waals surface area contributed by atoms with Crippen LogP contribution in [0.5, 0.6) is 0 Å². The minimum Gasteiger partial charge on any atom is -0.297 e. The zero-order valence-electron chi connectivity index (χ0n) is 11.7. The van der Waals surface area contributed by atoms with Crippen molar-refractivity contribution in [2.45, 2.75) is 20.8 Å². The number of carbonyl (C=O) groups excluding carboxylic acids is 1. The number of aromatic nitrogens is 3. The topological polar surface area (TPSA) is 47.8 Å². The molecule has 0 aliphatic heterocycles. The van der Waals surface area contributed by atoms with Gasteiger partial charge in [0.25, 0.3) is 0 Å². The van der Waals surface area contributed by atoms with Gasteiger partial charge in [0.2, 0.25) is 0 Å². The van der Waals surface area contributed by atoms with Crippen LogP contribution in [0.2, 0.25) is 0 Å². The monoisotopic (exact) mass is 265 g/mol. The molecule has 1 aromatic carbocycles. The summed E-state index contributed by atoms with van der Waals surface area (Å²) < 4.78 is 1.98. The van der Waals surface area contributed by atoms with Gasteiger partial charge in [0.1, 0.15) is 12.0 Å². The number of pyridine rings is 1. The number of aryl methyl sites for hydroxylation is 2. The Morgan fingerprint density at radius 2 is 1.85 bits per heavy atom. The lowest BCUT2D eigenvalue weighted by atomic mass is 10.1. The number of Topliss-reactive ketones (excluding diaryl/α,β-unsaturated/α-hetero) is 1. The standard InChI is InChI=1S/C16H15N3O/c1-10-6-15-16(7-11(10)2)19(9-18-15)13-4-5-14(12(3)20)17-8-13/h4-9H,1-3H3. The van der Waals surface area contributed by atoms with Crippen LogP contribution >= 0.6 is 0 Å². The lowest BCUT2D eigenvalue weighted by molar-refractivity contribution is 0.101. The second kappa shape index (κ2) is 4.56. The predicted molar refractivity (Wildman–Crippen MR) is 78.3 cm³/mol. The van der Waals surface area contributed by atoms with E-state index in [9.17, 15) is 4.79 Å². The molecule has 0 amide bonds. The van der Waals surface area contributed by atoms with Gasteiger partial charge in [-0.05, 0) is 49.2 Å². The highest BCUT2D eigenvalue weighted by Gasteiger charge is 2.08. The quantitative estimate of drug-likeness (QED) is 0.668. The Labute approximate surface area is 117 Å². The number of benzene rings is 1. The van der Waals surface area contributed by atoms with Gasteiger partial charge in [-0.15, -0.1) is 0 Å². The van der Waals surface area contributed by atoms with Gasteiger partial charge < -0.3 is 0 Å². The van der Waals surface area contributed by atoms with Gasteiger partial charge in [0, 0.05) is 6.92 Å². The average molecular weight is 265 g/mol. The summed E-state index contributed by atoms with van der Waals surface area (Å²) in [6.07, 6.45) is 3.49. The van der Waals surface area contributed by atoms with Gasteiger partial charge in [-0.1, -0.05) is 0 Å². The first-order valence-electron chi connectivity index (χ1n) is 6.48. The molecule has 0 saturated heterocycles. The second-order valence-electron chi connectivity index (χ2n) is 5.00. The summed E-state index contributed by atoms with van der Waals surface area (Å²) in [6, 6.07) is 7.83. The number of carbonyl (C=O) groups is 1. The molecule has 0 atom stereocenters. The molecule has 2 heterocycles. The zero-order chi connectivity index (χ0) is 14.3. The molecule has 20 heavy (non-hydrogen) atoms. The minimum atomic E-state index is -0.0292. The van der Waals surface area contributed by atoms with E-state index in [-0.39, 0.29) is 5.78 Å². The average Bonchev–Trinajstić information content (AvgIpc) is 2.82. The van der Waals surface area contributed by atoms with E-state index < -0.39 is 0 Å². The van der Waals surface area contributed by atoms with E-state index in [1.165, 1.54) is 18.1 Å².